The predicted molar refractivity (Wildman–Crippen MR) is 71.0 cm³/mol. The number of piperidine rings is 1. The molecule has 0 aromatic carbocycles. The number of nitrogens with zero attached hydrogens (tertiary/aromatic N) is 1. The summed E-state index contributed by atoms with van der Waals surface area (Å²) in [4.78, 5) is 0. The van der Waals surface area contributed by atoms with Crippen molar-refractivity contribution in [3.05, 3.63) is 0 Å². The van der Waals surface area contributed by atoms with Crippen molar-refractivity contribution in [2.75, 3.05) is 47.1 Å². The zero-order chi connectivity index (χ0) is 14.3. The molecular weight excluding hydrogens is 272 g/mol. The Balaban J connectivity index is 2.50. The van der Waals surface area contributed by atoms with Gasteiger partial charge in [0.15, 0.2) is 0 Å². The fourth-order valence-corrected chi connectivity index (χ4v) is 3.44. The van der Waals surface area contributed by atoms with Crippen molar-refractivity contribution in [1.82, 2.24) is 9.03 Å². The second-order valence-corrected chi connectivity index (χ2v) is 6.47. The number of nitrogens with one attached hydrogen (secondary N) is 1. The summed E-state index contributed by atoms with van der Waals surface area (Å²) in [5, 5.41) is 9.12. The van der Waals surface area contributed by atoms with E-state index in [9.17, 15) is 8.42 Å². The van der Waals surface area contributed by atoms with Gasteiger partial charge in [0.1, 0.15) is 0 Å². The van der Waals surface area contributed by atoms with Crippen LogP contribution in [0.1, 0.15) is 12.8 Å². The van der Waals surface area contributed by atoms with E-state index in [0.717, 1.165) is 12.8 Å². The number of aliphatic hydroxyl groups is 1. The molecule has 1 saturated heterocycles. The number of rotatable bonds is 8. The number of methoxy groups -OCH3 is 2. The average Bonchev–Trinajstić information content (AvgIpc) is 2.43. The van der Waals surface area contributed by atoms with Crippen LogP contribution in [0.5, 0.6) is 0 Å². The highest BCUT2D eigenvalue weighted by Crippen LogP contribution is 2.17. The molecule has 0 spiro atoms. The smallest absolute Gasteiger partial charge is 0.279 e. The maximum atomic E-state index is 12.1. The van der Waals surface area contributed by atoms with Crippen molar-refractivity contribution in [3.8, 4) is 0 Å². The molecule has 0 radical (unpaired) electrons. The molecule has 1 aliphatic rings. The summed E-state index contributed by atoms with van der Waals surface area (Å²) in [7, 11) is -0.460. The molecule has 1 fully saturated rings. The van der Waals surface area contributed by atoms with Gasteiger partial charge in [0.05, 0.1) is 12.7 Å². The second kappa shape index (κ2) is 8.13. The van der Waals surface area contributed by atoms with Crippen LogP contribution in [0.4, 0.5) is 0 Å². The molecule has 114 valence electrons. The normalized spacial score (nSPS) is 23.4. The van der Waals surface area contributed by atoms with E-state index in [1.165, 1.54) is 18.5 Å². The molecule has 1 heterocycles. The molecule has 0 amide bonds. The van der Waals surface area contributed by atoms with Crippen molar-refractivity contribution in [2.45, 2.75) is 18.9 Å². The highest BCUT2D eigenvalue weighted by atomic mass is 32.2. The zero-order valence-electron chi connectivity index (χ0n) is 11.5. The third-order valence-corrected chi connectivity index (χ3v) is 4.80. The Hall–Kier alpha value is -0.250. The van der Waals surface area contributed by atoms with E-state index in [-0.39, 0.29) is 25.2 Å². The quantitative estimate of drug-likeness (QED) is 0.611. The van der Waals surface area contributed by atoms with Crippen molar-refractivity contribution < 1.29 is 23.0 Å². The van der Waals surface area contributed by atoms with Crippen LogP contribution in [0.3, 0.4) is 0 Å². The summed E-state index contributed by atoms with van der Waals surface area (Å²) in [5.74, 6) is 0.0301. The van der Waals surface area contributed by atoms with Gasteiger partial charge in [-0.25, -0.2) is 0 Å². The first-order valence-corrected chi connectivity index (χ1v) is 7.84. The Labute approximate surface area is 115 Å². The summed E-state index contributed by atoms with van der Waals surface area (Å²) in [6, 6.07) is 0. The monoisotopic (exact) mass is 296 g/mol. The van der Waals surface area contributed by atoms with E-state index in [4.69, 9.17) is 14.6 Å². The molecule has 0 aliphatic carbocycles. The second-order valence-electron chi connectivity index (χ2n) is 4.72. The molecule has 2 unspecified atom stereocenters. The summed E-state index contributed by atoms with van der Waals surface area (Å²) in [6.45, 7) is 1.39. The van der Waals surface area contributed by atoms with Gasteiger partial charge in [-0.1, -0.05) is 0 Å². The highest BCUT2D eigenvalue weighted by molar-refractivity contribution is 7.87. The average molecular weight is 296 g/mol. The van der Waals surface area contributed by atoms with E-state index in [0.29, 0.717) is 19.7 Å². The van der Waals surface area contributed by atoms with E-state index < -0.39 is 10.2 Å². The largest absolute Gasteiger partial charge is 0.396 e. The van der Waals surface area contributed by atoms with Gasteiger partial charge in [0.2, 0.25) is 0 Å². The van der Waals surface area contributed by atoms with Crippen LogP contribution in [-0.4, -0.2) is 71.0 Å². The van der Waals surface area contributed by atoms with Crippen molar-refractivity contribution in [3.63, 3.8) is 0 Å². The van der Waals surface area contributed by atoms with Gasteiger partial charge in [-0.05, 0) is 18.8 Å². The minimum absolute atomic E-state index is 0.0242. The van der Waals surface area contributed by atoms with Crippen molar-refractivity contribution in [2.24, 2.45) is 5.92 Å². The molecule has 1 rings (SSSR count). The lowest BCUT2D eigenvalue weighted by atomic mass is 10.0. The molecule has 0 bridgehead atoms. The van der Waals surface area contributed by atoms with E-state index >= 15 is 0 Å². The highest BCUT2D eigenvalue weighted by Gasteiger charge is 2.28. The summed E-state index contributed by atoms with van der Waals surface area (Å²) < 4.78 is 38.2. The summed E-state index contributed by atoms with van der Waals surface area (Å²) in [5.41, 5.74) is 0. The zero-order valence-corrected chi connectivity index (χ0v) is 12.4. The van der Waals surface area contributed by atoms with Gasteiger partial charge >= 0.3 is 0 Å². The lowest BCUT2D eigenvalue weighted by Crippen LogP contribution is -2.48. The van der Waals surface area contributed by atoms with Crippen molar-refractivity contribution in [1.29, 1.82) is 0 Å². The summed E-state index contributed by atoms with van der Waals surface area (Å²) in [6.07, 6.45) is 1.34. The minimum Gasteiger partial charge on any atom is -0.396 e. The van der Waals surface area contributed by atoms with E-state index in [1.54, 1.807) is 0 Å². The first-order valence-electron chi connectivity index (χ1n) is 6.40. The third-order valence-electron chi connectivity index (χ3n) is 3.26. The molecular formula is C11H24N2O5S. The molecule has 7 nitrogen and oxygen atoms in total. The Bertz CT molecular complexity index is 349. The molecule has 0 saturated carbocycles. The molecule has 19 heavy (non-hydrogen) atoms. The van der Waals surface area contributed by atoms with Gasteiger partial charge < -0.3 is 14.6 Å². The van der Waals surface area contributed by atoms with Crippen LogP contribution >= 0.6 is 0 Å². The predicted octanol–water partition coefficient (Wildman–Crippen LogP) is -0.813. The summed E-state index contributed by atoms with van der Waals surface area (Å²) >= 11 is 0. The first kappa shape index (κ1) is 16.8. The fraction of sp³-hybridized carbons (Fsp3) is 1.00. The molecule has 1 aliphatic heterocycles. The Morgan fingerprint density at radius 2 is 2.21 bits per heavy atom. The van der Waals surface area contributed by atoms with E-state index in [2.05, 4.69) is 4.72 Å². The molecule has 8 heteroatoms. The Kier molecular flexibility index (Phi) is 7.19. The maximum absolute atomic E-state index is 12.1. The van der Waals surface area contributed by atoms with Crippen LogP contribution in [0.15, 0.2) is 0 Å². The van der Waals surface area contributed by atoms with Crippen LogP contribution in [0, 0.1) is 5.92 Å². The number of ether oxygens (including phenoxy) is 2. The molecule has 2 N–H and O–H groups in total. The van der Waals surface area contributed by atoms with Gasteiger partial charge in [0.25, 0.3) is 10.2 Å². The van der Waals surface area contributed by atoms with Crippen LogP contribution < -0.4 is 4.72 Å². The minimum atomic E-state index is -3.51. The van der Waals surface area contributed by atoms with E-state index in [1.807, 2.05) is 0 Å². The van der Waals surface area contributed by atoms with Gasteiger partial charge in [-0.3, -0.25) is 0 Å². The first-order chi connectivity index (χ1) is 9.03. The van der Waals surface area contributed by atoms with Crippen LogP contribution in [0.25, 0.3) is 0 Å². The molecule has 0 aromatic rings. The Morgan fingerprint density at radius 1 is 1.47 bits per heavy atom. The third kappa shape index (κ3) is 5.33. The van der Waals surface area contributed by atoms with Crippen LogP contribution in [-0.2, 0) is 19.7 Å². The van der Waals surface area contributed by atoms with Crippen molar-refractivity contribution >= 4 is 10.2 Å². The van der Waals surface area contributed by atoms with Gasteiger partial charge in [0, 0.05) is 40.5 Å². The number of aliphatic hydroxyl groups excluding tert-OH is 1. The van der Waals surface area contributed by atoms with Crippen LogP contribution in [0.2, 0.25) is 0 Å². The molecule has 2 atom stereocenters. The standard InChI is InChI=1S/C11H24N2O5S/c1-17-9-11(18-2)6-12-19(15,16)13-5-3-4-10(7-13)8-14/h10-12,14H,3-9H2,1-2H3. The number of hydrogen-bond donors (Lipinski definition) is 2. The topological polar surface area (TPSA) is 88.1 Å². The number of hydrogen-bond acceptors (Lipinski definition) is 5. The maximum Gasteiger partial charge on any atom is 0.279 e. The Morgan fingerprint density at radius 3 is 2.79 bits per heavy atom. The SMILES string of the molecule is COCC(CNS(=O)(=O)N1CCCC(CO)C1)OC. The van der Waals surface area contributed by atoms with Gasteiger partial charge in [-0.2, -0.15) is 17.4 Å². The van der Waals surface area contributed by atoms with Gasteiger partial charge in [-0.15, -0.1) is 0 Å². The fourth-order valence-electron chi connectivity index (χ4n) is 2.08. The molecule has 0 aromatic heterocycles. The lowest BCUT2D eigenvalue weighted by molar-refractivity contribution is 0.0317. The lowest BCUT2D eigenvalue weighted by Gasteiger charge is -2.31.